The highest BCUT2D eigenvalue weighted by Crippen LogP contribution is 2.37. The van der Waals surface area contributed by atoms with Crippen LogP contribution in [0.4, 0.5) is 5.88 Å². The summed E-state index contributed by atoms with van der Waals surface area (Å²) >= 11 is 0. The molecule has 1 unspecified atom stereocenters. The molecule has 148 valence electrons. The number of anilines is 1. The molecule has 0 aliphatic rings. The fourth-order valence-electron chi connectivity index (χ4n) is 3.56. The van der Waals surface area contributed by atoms with Crippen LogP contribution < -0.4 is 10.1 Å². The van der Waals surface area contributed by atoms with Crippen molar-refractivity contribution in [2.24, 2.45) is 0 Å². The average molecular weight is 397 g/mol. The number of benzene rings is 2. The van der Waals surface area contributed by atoms with Gasteiger partial charge in [-0.3, -0.25) is 9.78 Å². The standard InChI is InChI=1S/C24H19N3O3/c1-16(28)24(19-9-7-17(13-25)8-10-19,20-12-21(29-2)15-26-14-20)27-23-11-18-5-3-4-6-22(18)30-23/h3-12,14-15,27H,1-2H3. The van der Waals surface area contributed by atoms with Crippen molar-refractivity contribution in [3.05, 3.63) is 89.7 Å². The molecular weight excluding hydrogens is 378 g/mol. The minimum atomic E-state index is -1.29. The summed E-state index contributed by atoms with van der Waals surface area (Å²) in [5.41, 5.74) is 1.18. The molecule has 6 heteroatoms. The van der Waals surface area contributed by atoms with Gasteiger partial charge in [0.05, 0.1) is 24.9 Å². The van der Waals surface area contributed by atoms with Gasteiger partial charge < -0.3 is 14.5 Å². The number of nitriles is 1. The number of fused-ring (bicyclic) bond motifs is 1. The maximum atomic E-state index is 13.2. The van der Waals surface area contributed by atoms with Gasteiger partial charge >= 0.3 is 0 Å². The van der Waals surface area contributed by atoms with E-state index in [0.29, 0.717) is 33.9 Å². The highest BCUT2D eigenvalue weighted by molar-refractivity contribution is 5.95. The lowest BCUT2D eigenvalue weighted by molar-refractivity contribution is -0.120. The Morgan fingerprint density at radius 1 is 1.10 bits per heavy atom. The number of furan rings is 1. The third-order valence-corrected chi connectivity index (χ3v) is 5.09. The van der Waals surface area contributed by atoms with E-state index in [9.17, 15) is 4.79 Å². The van der Waals surface area contributed by atoms with Crippen molar-refractivity contribution in [3.8, 4) is 11.8 Å². The van der Waals surface area contributed by atoms with Crippen LogP contribution in [0.1, 0.15) is 23.6 Å². The summed E-state index contributed by atoms with van der Waals surface area (Å²) in [6.07, 6.45) is 3.20. The third-order valence-electron chi connectivity index (χ3n) is 5.09. The second-order valence-corrected chi connectivity index (χ2v) is 6.88. The second-order valence-electron chi connectivity index (χ2n) is 6.88. The molecule has 0 amide bonds. The molecule has 0 fully saturated rings. The van der Waals surface area contributed by atoms with Crippen molar-refractivity contribution < 1.29 is 13.9 Å². The first-order valence-electron chi connectivity index (χ1n) is 9.35. The van der Waals surface area contributed by atoms with Crippen molar-refractivity contribution in [1.82, 2.24) is 4.98 Å². The van der Waals surface area contributed by atoms with Crippen LogP contribution in [-0.2, 0) is 10.3 Å². The average Bonchev–Trinajstić information content (AvgIpc) is 3.20. The summed E-state index contributed by atoms with van der Waals surface area (Å²) in [6.45, 7) is 1.51. The van der Waals surface area contributed by atoms with E-state index >= 15 is 0 Å². The number of carbonyl (C=O) groups excluding carboxylic acids is 1. The van der Waals surface area contributed by atoms with E-state index in [0.717, 1.165) is 5.39 Å². The monoisotopic (exact) mass is 397 g/mol. The van der Waals surface area contributed by atoms with Gasteiger partial charge in [-0.05, 0) is 36.8 Å². The minimum Gasteiger partial charge on any atom is -0.495 e. The molecule has 0 radical (unpaired) electrons. The largest absolute Gasteiger partial charge is 0.495 e. The van der Waals surface area contributed by atoms with Crippen molar-refractivity contribution in [2.45, 2.75) is 12.5 Å². The van der Waals surface area contributed by atoms with Crippen molar-refractivity contribution in [3.63, 3.8) is 0 Å². The van der Waals surface area contributed by atoms with Gasteiger partial charge in [0, 0.05) is 23.2 Å². The predicted molar refractivity (Wildman–Crippen MR) is 113 cm³/mol. The Labute approximate surface area is 173 Å². The van der Waals surface area contributed by atoms with Crippen molar-refractivity contribution in [2.75, 3.05) is 12.4 Å². The fourth-order valence-corrected chi connectivity index (χ4v) is 3.56. The first-order chi connectivity index (χ1) is 14.6. The maximum Gasteiger partial charge on any atom is 0.195 e. The first-order valence-corrected chi connectivity index (χ1v) is 9.35. The zero-order valence-corrected chi connectivity index (χ0v) is 16.5. The van der Waals surface area contributed by atoms with Gasteiger partial charge in [0.1, 0.15) is 11.3 Å². The summed E-state index contributed by atoms with van der Waals surface area (Å²) in [5, 5.41) is 13.4. The Hall–Kier alpha value is -4.11. The van der Waals surface area contributed by atoms with Crippen LogP contribution in [-0.4, -0.2) is 17.9 Å². The van der Waals surface area contributed by atoms with Gasteiger partial charge in [-0.1, -0.05) is 30.3 Å². The van der Waals surface area contributed by atoms with Gasteiger partial charge in [-0.2, -0.15) is 5.26 Å². The summed E-state index contributed by atoms with van der Waals surface area (Å²) in [7, 11) is 1.55. The SMILES string of the molecule is COc1cncc(C(Nc2cc3ccccc3o2)(C(C)=O)c2ccc(C#N)cc2)c1. The molecule has 0 aliphatic carbocycles. The van der Waals surface area contributed by atoms with E-state index in [2.05, 4.69) is 16.4 Å². The number of Topliss-reactive ketones (excluding diaryl/α,β-unsaturated/α-hetero) is 1. The highest BCUT2D eigenvalue weighted by Gasteiger charge is 2.41. The molecule has 0 spiro atoms. The molecule has 2 aromatic heterocycles. The number of pyridine rings is 1. The molecule has 0 aliphatic heterocycles. The number of hydrogen-bond donors (Lipinski definition) is 1. The zero-order chi connectivity index (χ0) is 21.1. The number of carbonyl (C=O) groups is 1. The smallest absolute Gasteiger partial charge is 0.195 e. The Bertz CT molecular complexity index is 1220. The summed E-state index contributed by atoms with van der Waals surface area (Å²) < 4.78 is 11.3. The molecule has 30 heavy (non-hydrogen) atoms. The molecule has 2 aromatic carbocycles. The number of nitrogens with zero attached hydrogens (tertiary/aromatic N) is 2. The van der Waals surface area contributed by atoms with Crippen molar-refractivity contribution in [1.29, 1.82) is 5.26 Å². The molecule has 1 N–H and O–H groups in total. The number of rotatable bonds is 6. The van der Waals surface area contributed by atoms with Crippen LogP contribution in [0, 0.1) is 11.3 Å². The Kier molecular flexibility index (Phi) is 4.95. The van der Waals surface area contributed by atoms with E-state index in [1.54, 1.807) is 49.8 Å². The van der Waals surface area contributed by atoms with E-state index in [1.807, 2.05) is 30.3 Å². The van der Waals surface area contributed by atoms with Crippen molar-refractivity contribution >= 4 is 22.6 Å². The topological polar surface area (TPSA) is 88.2 Å². The Morgan fingerprint density at radius 3 is 2.53 bits per heavy atom. The van der Waals surface area contributed by atoms with E-state index in [1.165, 1.54) is 6.92 Å². The molecular formula is C24H19N3O3. The lowest BCUT2D eigenvalue weighted by Gasteiger charge is -2.33. The molecule has 4 rings (SSSR count). The van der Waals surface area contributed by atoms with Crippen LogP contribution in [0.5, 0.6) is 5.75 Å². The van der Waals surface area contributed by atoms with Crippen LogP contribution in [0.15, 0.2) is 77.5 Å². The Morgan fingerprint density at radius 2 is 1.87 bits per heavy atom. The van der Waals surface area contributed by atoms with Crippen LogP contribution in [0.2, 0.25) is 0 Å². The quantitative estimate of drug-likeness (QED) is 0.509. The predicted octanol–water partition coefficient (Wildman–Crippen LogP) is 4.65. The molecule has 4 aromatic rings. The van der Waals surface area contributed by atoms with E-state index in [4.69, 9.17) is 14.4 Å². The van der Waals surface area contributed by atoms with Crippen LogP contribution in [0.25, 0.3) is 11.0 Å². The number of methoxy groups -OCH3 is 1. The number of ether oxygens (including phenoxy) is 1. The summed E-state index contributed by atoms with van der Waals surface area (Å²) in [4.78, 5) is 17.4. The molecule has 0 bridgehead atoms. The molecule has 0 saturated carbocycles. The third kappa shape index (κ3) is 3.27. The highest BCUT2D eigenvalue weighted by atomic mass is 16.5. The lowest BCUT2D eigenvalue weighted by atomic mass is 9.80. The second kappa shape index (κ2) is 7.72. The molecule has 2 heterocycles. The molecule has 0 saturated heterocycles. The van der Waals surface area contributed by atoms with Gasteiger partial charge in [-0.15, -0.1) is 0 Å². The zero-order valence-electron chi connectivity index (χ0n) is 16.5. The van der Waals surface area contributed by atoms with E-state index in [-0.39, 0.29) is 5.78 Å². The van der Waals surface area contributed by atoms with Gasteiger partial charge in [-0.25, -0.2) is 0 Å². The van der Waals surface area contributed by atoms with Gasteiger partial charge in [0.2, 0.25) is 0 Å². The van der Waals surface area contributed by atoms with Gasteiger partial charge in [0.15, 0.2) is 17.2 Å². The number of nitrogens with one attached hydrogen (secondary N) is 1. The lowest BCUT2D eigenvalue weighted by Crippen LogP contribution is -2.43. The molecule has 6 nitrogen and oxygen atoms in total. The normalized spacial score (nSPS) is 12.7. The maximum absolute atomic E-state index is 13.2. The fraction of sp³-hybridized carbons (Fsp3) is 0.125. The Balaban J connectivity index is 1.93. The van der Waals surface area contributed by atoms with Gasteiger partial charge in [0.25, 0.3) is 0 Å². The number of ketones is 1. The molecule has 1 atom stereocenters. The summed E-state index contributed by atoms with van der Waals surface area (Å²) in [6, 6.07) is 20.2. The first kappa shape index (κ1) is 19.2. The summed E-state index contributed by atoms with van der Waals surface area (Å²) in [5.74, 6) is 0.805. The minimum absolute atomic E-state index is 0.164. The van der Waals surface area contributed by atoms with E-state index < -0.39 is 5.54 Å². The number of aromatic nitrogens is 1. The van der Waals surface area contributed by atoms with Crippen LogP contribution in [0.3, 0.4) is 0 Å². The number of para-hydroxylation sites is 1. The van der Waals surface area contributed by atoms with Crippen LogP contribution >= 0.6 is 0 Å². The number of hydrogen-bond acceptors (Lipinski definition) is 6.